The molecule has 4 aromatic rings. The monoisotopic (exact) mass is 501 g/mol. The zero-order valence-corrected chi connectivity index (χ0v) is 20.6. The summed E-state index contributed by atoms with van der Waals surface area (Å²) in [6, 6.07) is 12.0. The fraction of sp³-hybridized carbons (Fsp3) is 0.321. The maximum Gasteiger partial charge on any atom is 0.260 e. The summed E-state index contributed by atoms with van der Waals surface area (Å²) in [5.41, 5.74) is 8.81. The van der Waals surface area contributed by atoms with Gasteiger partial charge in [0, 0.05) is 35.5 Å². The summed E-state index contributed by atoms with van der Waals surface area (Å²) in [5.74, 6) is 0.0309. The van der Waals surface area contributed by atoms with Crippen LogP contribution >= 0.6 is 0 Å². The number of fused-ring (bicyclic) bond motifs is 2. The Balaban J connectivity index is 1.41. The maximum atomic E-state index is 16.0. The van der Waals surface area contributed by atoms with Crippen molar-refractivity contribution in [3.63, 3.8) is 0 Å². The van der Waals surface area contributed by atoms with Gasteiger partial charge < -0.3 is 20.8 Å². The van der Waals surface area contributed by atoms with Gasteiger partial charge in [-0.15, -0.1) is 0 Å². The lowest BCUT2D eigenvalue weighted by atomic mass is 9.72. The van der Waals surface area contributed by atoms with Crippen LogP contribution in [0.15, 0.2) is 48.7 Å². The number of nitrogens with zero attached hydrogens (tertiary/aromatic N) is 4. The van der Waals surface area contributed by atoms with E-state index >= 15 is 4.39 Å². The highest BCUT2D eigenvalue weighted by molar-refractivity contribution is 5.99. The minimum Gasteiger partial charge on any atom is -0.390 e. The topological polar surface area (TPSA) is 117 Å². The zero-order valence-electron chi connectivity index (χ0n) is 20.6. The van der Waals surface area contributed by atoms with Gasteiger partial charge in [-0.05, 0) is 50.8 Å². The molecule has 1 saturated carbocycles. The van der Waals surface area contributed by atoms with Crippen LogP contribution in [0.5, 0.6) is 0 Å². The molecular weight excluding hydrogens is 473 g/mol. The summed E-state index contributed by atoms with van der Waals surface area (Å²) < 4.78 is 17.9. The van der Waals surface area contributed by atoms with Crippen LogP contribution < -0.4 is 10.6 Å². The number of aliphatic hydroxyl groups is 2. The zero-order chi connectivity index (χ0) is 26.1. The second-order valence-corrected chi connectivity index (χ2v) is 10.4. The SMILES string of the molecule is Cc1cn2c(C3CC(C)(O)C3)nc(-c3ccc4c(c3F)CCN4C(=O)C(O)c3ccccc3)c2c(N)n1. The number of anilines is 2. The van der Waals surface area contributed by atoms with Gasteiger partial charge in [0.2, 0.25) is 0 Å². The molecule has 0 bridgehead atoms. The summed E-state index contributed by atoms with van der Waals surface area (Å²) in [6.45, 7) is 3.90. The Morgan fingerprint density at radius 1 is 1.19 bits per heavy atom. The Morgan fingerprint density at radius 3 is 2.62 bits per heavy atom. The van der Waals surface area contributed by atoms with Crippen molar-refractivity contribution in [2.45, 2.75) is 50.7 Å². The number of imidazole rings is 1. The summed E-state index contributed by atoms with van der Waals surface area (Å²) in [7, 11) is 0. The molecule has 2 aromatic heterocycles. The number of carbonyl (C=O) groups is 1. The number of amides is 1. The van der Waals surface area contributed by atoms with Crippen LogP contribution in [-0.2, 0) is 11.2 Å². The van der Waals surface area contributed by atoms with E-state index in [1.54, 1.807) is 43.3 Å². The summed E-state index contributed by atoms with van der Waals surface area (Å²) in [4.78, 5) is 23.7. The molecule has 0 spiro atoms. The molecule has 8 nitrogen and oxygen atoms in total. The van der Waals surface area contributed by atoms with Crippen molar-refractivity contribution < 1.29 is 19.4 Å². The van der Waals surface area contributed by atoms with Gasteiger partial charge in [-0.25, -0.2) is 14.4 Å². The van der Waals surface area contributed by atoms with E-state index in [2.05, 4.69) is 4.98 Å². The lowest BCUT2D eigenvalue weighted by Crippen LogP contribution is -2.40. The van der Waals surface area contributed by atoms with E-state index in [4.69, 9.17) is 10.7 Å². The van der Waals surface area contributed by atoms with Crippen LogP contribution in [0.4, 0.5) is 15.9 Å². The van der Waals surface area contributed by atoms with Gasteiger partial charge in [0.05, 0.1) is 11.3 Å². The van der Waals surface area contributed by atoms with Crippen molar-refractivity contribution in [1.29, 1.82) is 0 Å². The highest BCUT2D eigenvalue weighted by Crippen LogP contribution is 2.46. The third kappa shape index (κ3) is 3.77. The van der Waals surface area contributed by atoms with E-state index in [0.29, 0.717) is 53.0 Å². The smallest absolute Gasteiger partial charge is 0.260 e. The number of aromatic nitrogens is 3. The lowest BCUT2D eigenvalue weighted by Gasteiger charge is -2.40. The minimum atomic E-state index is -1.33. The van der Waals surface area contributed by atoms with Crippen LogP contribution in [0.1, 0.15) is 54.4 Å². The number of hydrogen-bond acceptors (Lipinski definition) is 6. The molecule has 4 N–H and O–H groups in total. The lowest BCUT2D eigenvalue weighted by molar-refractivity contribution is -0.126. The summed E-state index contributed by atoms with van der Waals surface area (Å²) >= 11 is 0. The van der Waals surface area contributed by atoms with Gasteiger partial charge in [0.25, 0.3) is 5.91 Å². The number of rotatable bonds is 4. The fourth-order valence-corrected chi connectivity index (χ4v) is 5.73. The molecular formula is C28H28FN5O3. The first kappa shape index (κ1) is 23.6. The van der Waals surface area contributed by atoms with Gasteiger partial charge in [-0.1, -0.05) is 30.3 Å². The molecule has 1 aliphatic heterocycles. The van der Waals surface area contributed by atoms with Gasteiger partial charge in [0.1, 0.15) is 28.7 Å². The molecule has 1 fully saturated rings. The van der Waals surface area contributed by atoms with E-state index in [1.165, 1.54) is 4.90 Å². The number of halogens is 1. The van der Waals surface area contributed by atoms with Crippen LogP contribution in [0.25, 0.3) is 16.8 Å². The molecule has 1 unspecified atom stereocenters. The van der Waals surface area contributed by atoms with E-state index in [1.807, 2.05) is 23.6 Å². The van der Waals surface area contributed by atoms with Crippen molar-refractivity contribution in [1.82, 2.24) is 14.4 Å². The molecule has 1 atom stereocenters. The Kier molecular flexibility index (Phi) is 5.32. The average molecular weight is 502 g/mol. The molecule has 6 rings (SSSR count). The largest absolute Gasteiger partial charge is 0.390 e. The van der Waals surface area contributed by atoms with Gasteiger partial charge in [-0.3, -0.25) is 9.20 Å². The predicted octanol–water partition coefficient (Wildman–Crippen LogP) is 3.68. The number of benzene rings is 2. The van der Waals surface area contributed by atoms with Crippen molar-refractivity contribution >= 4 is 22.9 Å². The highest BCUT2D eigenvalue weighted by atomic mass is 19.1. The summed E-state index contributed by atoms with van der Waals surface area (Å²) in [5, 5.41) is 20.9. The first-order valence-corrected chi connectivity index (χ1v) is 12.4. The number of nitrogens with two attached hydrogens (primary N) is 1. The van der Waals surface area contributed by atoms with Crippen LogP contribution in [0, 0.1) is 12.7 Å². The predicted molar refractivity (Wildman–Crippen MR) is 138 cm³/mol. The normalized spacial score (nSPS) is 21.6. The molecule has 190 valence electrons. The fourth-order valence-electron chi connectivity index (χ4n) is 5.73. The van der Waals surface area contributed by atoms with Crippen molar-refractivity contribution in [2.75, 3.05) is 17.2 Å². The number of hydrogen-bond donors (Lipinski definition) is 3. The molecule has 1 aliphatic carbocycles. The maximum absolute atomic E-state index is 16.0. The Hall–Kier alpha value is -3.82. The summed E-state index contributed by atoms with van der Waals surface area (Å²) in [6.07, 6.45) is 1.93. The van der Waals surface area contributed by atoms with Gasteiger partial charge in [-0.2, -0.15) is 0 Å². The van der Waals surface area contributed by atoms with E-state index < -0.39 is 23.4 Å². The molecule has 3 heterocycles. The first-order valence-electron chi connectivity index (χ1n) is 12.4. The first-order chi connectivity index (χ1) is 17.6. The van der Waals surface area contributed by atoms with E-state index in [-0.39, 0.29) is 23.8 Å². The number of nitrogen functional groups attached to an aromatic ring is 1. The van der Waals surface area contributed by atoms with Crippen LogP contribution in [-0.4, -0.2) is 42.6 Å². The molecule has 2 aliphatic rings. The van der Waals surface area contributed by atoms with Crippen LogP contribution in [0.2, 0.25) is 0 Å². The third-order valence-electron chi connectivity index (χ3n) is 7.50. The standard InChI is InChI=1S/C28H28FN5O3/c1-15-14-34-23(25(30)31-15)22(32-26(34)17-12-28(2,37)13-17)19-8-9-20-18(21(19)29)10-11-33(20)27(36)24(35)16-6-4-3-5-7-16/h3-9,14,17,24,35,37H,10-13H2,1-2H3,(H2,30,31). The third-order valence-corrected chi connectivity index (χ3v) is 7.50. The number of carbonyl (C=O) groups excluding carboxylic acids is 1. The van der Waals surface area contributed by atoms with Crippen molar-refractivity contribution in [2.24, 2.45) is 0 Å². The molecule has 0 radical (unpaired) electrons. The van der Waals surface area contributed by atoms with Gasteiger partial charge in [0.15, 0.2) is 6.10 Å². The Labute approximate surface area is 213 Å². The van der Waals surface area contributed by atoms with Crippen molar-refractivity contribution in [3.05, 3.63) is 77.1 Å². The average Bonchev–Trinajstić information content (AvgIpc) is 3.45. The highest BCUT2D eigenvalue weighted by Gasteiger charge is 2.42. The Bertz CT molecular complexity index is 1540. The second kappa shape index (κ2) is 8.36. The molecule has 37 heavy (non-hydrogen) atoms. The molecule has 9 heteroatoms. The Morgan fingerprint density at radius 2 is 1.92 bits per heavy atom. The van der Waals surface area contributed by atoms with Gasteiger partial charge >= 0.3 is 0 Å². The van der Waals surface area contributed by atoms with Crippen LogP contribution in [0.3, 0.4) is 0 Å². The van der Waals surface area contributed by atoms with E-state index in [9.17, 15) is 15.0 Å². The second-order valence-electron chi connectivity index (χ2n) is 10.4. The number of aliphatic hydroxyl groups excluding tert-OH is 1. The quantitative estimate of drug-likeness (QED) is 0.393. The van der Waals surface area contributed by atoms with E-state index in [0.717, 1.165) is 5.82 Å². The molecule has 1 amide bonds. The number of aryl methyl sites for hydroxylation is 1. The molecule has 2 aromatic carbocycles. The molecule has 0 saturated heterocycles. The van der Waals surface area contributed by atoms with Crippen molar-refractivity contribution in [3.8, 4) is 11.3 Å². The minimum absolute atomic E-state index is 0.0162.